The molecular weight excluding hydrogens is 270 g/mol. The minimum absolute atomic E-state index is 0.0925. The van der Waals surface area contributed by atoms with Crippen LogP contribution in [0.25, 0.3) is 11.1 Å². The first-order valence-corrected chi connectivity index (χ1v) is 7.27. The molecular formula is C20H17NO. The van der Waals surface area contributed by atoms with Crippen LogP contribution in [0.2, 0.25) is 0 Å². The van der Waals surface area contributed by atoms with Crippen molar-refractivity contribution >= 4 is 11.6 Å². The molecule has 1 amide bonds. The summed E-state index contributed by atoms with van der Waals surface area (Å²) in [6, 6.07) is 25.3. The Labute approximate surface area is 130 Å². The highest BCUT2D eigenvalue weighted by molar-refractivity contribution is 6.08. The molecule has 22 heavy (non-hydrogen) atoms. The number of carbonyl (C=O) groups is 1. The molecule has 0 unspecified atom stereocenters. The molecule has 3 aromatic rings. The van der Waals surface area contributed by atoms with E-state index in [0.29, 0.717) is 5.56 Å². The Bertz CT molecular complexity index is 794. The minimum Gasteiger partial charge on any atom is -0.322 e. The van der Waals surface area contributed by atoms with Gasteiger partial charge in [0.05, 0.1) is 0 Å². The quantitative estimate of drug-likeness (QED) is 0.728. The van der Waals surface area contributed by atoms with Gasteiger partial charge >= 0.3 is 0 Å². The van der Waals surface area contributed by atoms with Crippen molar-refractivity contribution in [3.8, 4) is 11.1 Å². The van der Waals surface area contributed by atoms with Gasteiger partial charge in [-0.2, -0.15) is 0 Å². The second kappa shape index (κ2) is 6.27. The molecule has 0 radical (unpaired) electrons. The van der Waals surface area contributed by atoms with E-state index in [1.807, 2.05) is 72.8 Å². The topological polar surface area (TPSA) is 29.1 Å². The smallest absolute Gasteiger partial charge is 0.256 e. The molecule has 0 aromatic heterocycles. The first kappa shape index (κ1) is 14.1. The summed E-state index contributed by atoms with van der Waals surface area (Å²) < 4.78 is 0. The molecule has 0 aliphatic heterocycles. The molecule has 2 nitrogen and oxygen atoms in total. The van der Waals surface area contributed by atoms with Crippen LogP contribution in [0.4, 0.5) is 5.69 Å². The molecule has 0 saturated heterocycles. The third kappa shape index (κ3) is 2.91. The van der Waals surface area contributed by atoms with E-state index in [2.05, 4.69) is 18.3 Å². The maximum absolute atomic E-state index is 12.6. The zero-order chi connectivity index (χ0) is 15.4. The Morgan fingerprint density at radius 2 is 1.32 bits per heavy atom. The standard InChI is InChI=1S/C20H17NO/c1-15-9-5-6-12-17(15)18-13-7-8-14-19(18)20(22)21-16-10-3-2-4-11-16/h2-14H,1H3,(H,21,22). The maximum atomic E-state index is 12.6. The van der Waals surface area contributed by atoms with Crippen molar-refractivity contribution in [1.29, 1.82) is 0 Å². The van der Waals surface area contributed by atoms with Crippen molar-refractivity contribution in [2.45, 2.75) is 6.92 Å². The van der Waals surface area contributed by atoms with Gasteiger partial charge in [0.15, 0.2) is 0 Å². The predicted molar refractivity (Wildman–Crippen MR) is 91.0 cm³/mol. The number of aryl methyl sites for hydroxylation is 1. The van der Waals surface area contributed by atoms with Gasteiger partial charge in [0.2, 0.25) is 0 Å². The lowest BCUT2D eigenvalue weighted by molar-refractivity contribution is 0.102. The largest absolute Gasteiger partial charge is 0.322 e. The van der Waals surface area contributed by atoms with E-state index >= 15 is 0 Å². The Morgan fingerprint density at radius 1 is 0.727 bits per heavy atom. The molecule has 0 aliphatic rings. The highest BCUT2D eigenvalue weighted by atomic mass is 16.1. The highest BCUT2D eigenvalue weighted by Crippen LogP contribution is 2.27. The molecule has 0 fully saturated rings. The van der Waals surface area contributed by atoms with Crippen LogP contribution in [0.1, 0.15) is 15.9 Å². The molecule has 0 spiro atoms. The van der Waals surface area contributed by atoms with E-state index < -0.39 is 0 Å². The lowest BCUT2D eigenvalue weighted by Crippen LogP contribution is -2.13. The van der Waals surface area contributed by atoms with Gasteiger partial charge in [-0.15, -0.1) is 0 Å². The SMILES string of the molecule is Cc1ccccc1-c1ccccc1C(=O)Nc1ccccc1. The van der Waals surface area contributed by atoms with Crippen molar-refractivity contribution in [1.82, 2.24) is 0 Å². The molecule has 0 bridgehead atoms. The van der Waals surface area contributed by atoms with E-state index in [9.17, 15) is 4.79 Å². The number of hydrogen-bond donors (Lipinski definition) is 1. The van der Waals surface area contributed by atoms with Gasteiger partial charge in [-0.25, -0.2) is 0 Å². The average Bonchev–Trinajstić information content (AvgIpc) is 2.56. The fraction of sp³-hybridized carbons (Fsp3) is 0.0500. The summed E-state index contributed by atoms with van der Waals surface area (Å²) in [6.07, 6.45) is 0. The summed E-state index contributed by atoms with van der Waals surface area (Å²) in [7, 11) is 0. The average molecular weight is 287 g/mol. The Kier molecular flexibility index (Phi) is 4.01. The molecule has 1 N–H and O–H groups in total. The summed E-state index contributed by atoms with van der Waals surface area (Å²) in [5, 5.41) is 2.95. The van der Waals surface area contributed by atoms with Crippen LogP contribution in [-0.2, 0) is 0 Å². The van der Waals surface area contributed by atoms with E-state index in [-0.39, 0.29) is 5.91 Å². The van der Waals surface area contributed by atoms with E-state index in [4.69, 9.17) is 0 Å². The lowest BCUT2D eigenvalue weighted by atomic mass is 9.95. The highest BCUT2D eigenvalue weighted by Gasteiger charge is 2.13. The van der Waals surface area contributed by atoms with Crippen molar-refractivity contribution < 1.29 is 4.79 Å². The summed E-state index contributed by atoms with van der Waals surface area (Å²) in [4.78, 5) is 12.6. The fourth-order valence-corrected chi connectivity index (χ4v) is 2.51. The molecule has 108 valence electrons. The monoisotopic (exact) mass is 287 g/mol. The van der Waals surface area contributed by atoms with E-state index in [0.717, 1.165) is 22.4 Å². The molecule has 0 atom stereocenters. The first-order chi connectivity index (χ1) is 10.8. The molecule has 0 heterocycles. The van der Waals surface area contributed by atoms with Gasteiger partial charge < -0.3 is 5.32 Å². The number of hydrogen-bond acceptors (Lipinski definition) is 1. The number of anilines is 1. The number of para-hydroxylation sites is 1. The number of amides is 1. The third-order valence-electron chi connectivity index (χ3n) is 3.64. The molecule has 3 aromatic carbocycles. The summed E-state index contributed by atoms with van der Waals surface area (Å²) in [6.45, 7) is 2.06. The van der Waals surface area contributed by atoms with Gasteiger partial charge in [0.1, 0.15) is 0 Å². The van der Waals surface area contributed by atoms with Gasteiger partial charge in [-0.1, -0.05) is 60.7 Å². The first-order valence-electron chi connectivity index (χ1n) is 7.27. The van der Waals surface area contributed by atoms with Gasteiger partial charge in [-0.05, 0) is 41.8 Å². The number of carbonyl (C=O) groups excluding carboxylic acids is 1. The summed E-state index contributed by atoms with van der Waals surface area (Å²) in [5.41, 5.74) is 4.67. The summed E-state index contributed by atoms with van der Waals surface area (Å²) in [5.74, 6) is -0.0925. The number of rotatable bonds is 3. The fourth-order valence-electron chi connectivity index (χ4n) is 2.51. The Balaban J connectivity index is 1.98. The van der Waals surface area contributed by atoms with Gasteiger partial charge in [-0.3, -0.25) is 4.79 Å². The van der Waals surface area contributed by atoms with Gasteiger partial charge in [0, 0.05) is 11.3 Å². The van der Waals surface area contributed by atoms with Crippen LogP contribution in [-0.4, -0.2) is 5.91 Å². The van der Waals surface area contributed by atoms with Crippen molar-refractivity contribution in [2.75, 3.05) is 5.32 Å². The minimum atomic E-state index is -0.0925. The summed E-state index contributed by atoms with van der Waals surface area (Å²) >= 11 is 0. The van der Waals surface area contributed by atoms with Crippen molar-refractivity contribution in [3.63, 3.8) is 0 Å². The molecule has 0 saturated carbocycles. The normalized spacial score (nSPS) is 10.2. The Morgan fingerprint density at radius 3 is 2.05 bits per heavy atom. The van der Waals surface area contributed by atoms with Crippen LogP contribution in [0.15, 0.2) is 78.9 Å². The zero-order valence-corrected chi connectivity index (χ0v) is 12.4. The van der Waals surface area contributed by atoms with Crippen LogP contribution in [0, 0.1) is 6.92 Å². The maximum Gasteiger partial charge on any atom is 0.256 e. The second-order valence-electron chi connectivity index (χ2n) is 5.18. The van der Waals surface area contributed by atoms with Crippen molar-refractivity contribution in [2.24, 2.45) is 0 Å². The third-order valence-corrected chi connectivity index (χ3v) is 3.64. The lowest BCUT2D eigenvalue weighted by Gasteiger charge is -2.12. The van der Waals surface area contributed by atoms with Crippen molar-refractivity contribution in [3.05, 3.63) is 90.0 Å². The number of nitrogens with one attached hydrogen (secondary N) is 1. The molecule has 2 heteroatoms. The second-order valence-corrected chi connectivity index (χ2v) is 5.18. The van der Waals surface area contributed by atoms with Crippen LogP contribution < -0.4 is 5.32 Å². The van der Waals surface area contributed by atoms with E-state index in [1.54, 1.807) is 0 Å². The number of benzene rings is 3. The van der Waals surface area contributed by atoms with E-state index in [1.165, 1.54) is 0 Å². The molecule has 0 aliphatic carbocycles. The van der Waals surface area contributed by atoms with Gasteiger partial charge in [0.25, 0.3) is 5.91 Å². The predicted octanol–water partition coefficient (Wildman–Crippen LogP) is 4.91. The van der Waals surface area contributed by atoms with Crippen LogP contribution in [0.5, 0.6) is 0 Å². The van der Waals surface area contributed by atoms with Crippen LogP contribution >= 0.6 is 0 Å². The zero-order valence-electron chi connectivity index (χ0n) is 12.4. The molecule has 3 rings (SSSR count). The Hall–Kier alpha value is -2.87. The van der Waals surface area contributed by atoms with Crippen LogP contribution in [0.3, 0.4) is 0 Å².